The molecular weight excluding hydrogens is 254 g/mol. The monoisotopic (exact) mass is 269 g/mol. The summed E-state index contributed by atoms with van der Waals surface area (Å²) < 4.78 is 0. The molecular formula is C12H16ClN3O2. The van der Waals surface area contributed by atoms with Crippen LogP contribution in [0.1, 0.15) is 23.7 Å². The number of pyridine rings is 1. The van der Waals surface area contributed by atoms with Gasteiger partial charge in [-0.3, -0.25) is 4.79 Å². The third-order valence-electron chi connectivity index (χ3n) is 3.46. The minimum atomic E-state index is -0.194. The van der Waals surface area contributed by atoms with Gasteiger partial charge in [0, 0.05) is 6.54 Å². The quantitative estimate of drug-likeness (QED) is 0.790. The van der Waals surface area contributed by atoms with Crippen LogP contribution in [0.4, 0.5) is 5.69 Å². The molecule has 2 rings (SSSR count). The zero-order valence-electron chi connectivity index (χ0n) is 10.1. The van der Waals surface area contributed by atoms with Gasteiger partial charge in [-0.25, -0.2) is 4.98 Å². The molecule has 2 atom stereocenters. The Morgan fingerprint density at radius 3 is 3.11 bits per heavy atom. The number of aliphatic hydroxyl groups is 1. The van der Waals surface area contributed by atoms with Crippen LogP contribution in [0.15, 0.2) is 12.3 Å². The second kappa shape index (κ2) is 5.12. The molecule has 0 aromatic carbocycles. The Morgan fingerprint density at radius 2 is 2.44 bits per heavy atom. The lowest BCUT2D eigenvalue weighted by Crippen LogP contribution is -2.40. The predicted molar refractivity (Wildman–Crippen MR) is 69.4 cm³/mol. The Morgan fingerprint density at radius 1 is 1.72 bits per heavy atom. The third-order valence-corrected chi connectivity index (χ3v) is 3.67. The maximum Gasteiger partial charge on any atom is 0.256 e. The molecule has 0 spiro atoms. The van der Waals surface area contributed by atoms with Crippen LogP contribution in [0.25, 0.3) is 0 Å². The minimum absolute atomic E-state index is 0.0361. The van der Waals surface area contributed by atoms with Crippen LogP contribution in [0.5, 0.6) is 0 Å². The lowest BCUT2D eigenvalue weighted by Gasteiger charge is -2.25. The first-order valence-corrected chi connectivity index (χ1v) is 6.25. The minimum Gasteiger partial charge on any atom is -0.397 e. The number of aromatic nitrogens is 1. The number of carbonyl (C=O) groups excluding carboxylic acids is 1. The fourth-order valence-electron chi connectivity index (χ4n) is 2.32. The number of halogens is 1. The van der Waals surface area contributed by atoms with Crippen molar-refractivity contribution in [3.05, 3.63) is 23.0 Å². The largest absolute Gasteiger partial charge is 0.397 e. The number of anilines is 1. The normalized spacial score (nSPS) is 23.4. The molecule has 1 aliphatic rings. The highest BCUT2D eigenvalue weighted by Gasteiger charge is 2.34. The van der Waals surface area contributed by atoms with E-state index in [2.05, 4.69) is 4.98 Å². The molecule has 1 saturated heterocycles. The molecule has 2 heterocycles. The number of nitrogen functional groups attached to an aromatic ring is 1. The van der Waals surface area contributed by atoms with Gasteiger partial charge in [0.2, 0.25) is 0 Å². The molecule has 0 aliphatic carbocycles. The predicted octanol–water partition coefficient (Wildman–Crippen LogP) is 1.16. The molecule has 0 bridgehead atoms. The smallest absolute Gasteiger partial charge is 0.256 e. The van der Waals surface area contributed by atoms with Gasteiger partial charge in [0.1, 0.15) is 5.15 Å². The second-order valence-electron chi connectivity index (χ2n) is 4.61. The van der Waals surface area contributed by atoms with Crippen molar-refractivity contribution in [3.63, 3.8) is 0 Å². The number of hydrogen-bond acceptors (Lipinski definition) is 4. The molecule has 2 unspecified atom stereocenters. The van der Waals surface area contributed by atoms with E-state index in [1.807, 2.05) is 6.92 Å². The summed E-state index contributed by atoms with van der Waals surface area (Å²) >= 11 is 5.78. The van der Waals surface area contributed by atoms with E-state index in [1.54, 1.807) is 4.90 Å². The number of hydrogen-bond donors (Lipinski definition) is 2. The molecule has 1 aromatic heterocycles. The van der Waals surface area contributed by atoms with Gasteiger partial charge >= 0.3 is 0 Å². The average molecular weight is 270 g/mol. The van der Waals surface area contributed by atoms with Crippen molar-refractivity contribution in [2.45, 2.75) is 19.4 Å². The van der Waals surface area contributed by atoms with E-state index in [1.165, 1.54) is 12.3 Å². The summed E-state index contributed by atoms with van der Waals surface area (Å²) in [5, 5.41) is 9.60. The van der Waals surface area contributed by atoms with Gasteiger partial charge in [0.25, 0.3) is 5.91 Å². The van der Waals surface area contributed by atoms with Crippen molar-refractivity contribution < 1.29 is 9.90 Å². The SMILES string of the molecule is CC1CCN(C(=O)c2cc(Cl)ncc2N)C1CO. The summed E-state index contributed by atoms with van der Waals surface area (Å²) in [4.78, 5) is 17.9. The van der Waals surface area contributed by atoms with Gasteiger partial charge in [-0.15, -0.1) is 0 Å². The number of rotatable bonds is 2. The first-order chi connectivity index (χ1) is 8.54. The lowest BCUT2D eigenvalue weighted by molar-refractivity contribution is 0.0649. The van der Waals surface area contributed by atoms with Crippen LogP contribution in [0.3, 0.4) is 0 Å². The second-order valence-corrected chi connectivity index (χ2v) is 5.00. The van der Waals surface area contributed by atoms with Crippen LogP contribution in [-0.4, -0.2) is 40.1 Å². The number of nitrogens with two attached hydrogens (primary N) is 1. The Bertz CT molecular complexity index is 467. The van der Waals surface area contributed by atoms with Crippen LogP contribution in [-0.2, 0) is 0 Å². The maximum atomic E-state index is 12.4. The van der Waals surface area contributed by atoms with Crippen molar-refractivity contribution in [2.24, 2.45) is 5.92 Å². The molecule has 5 nitrogen and oxygen atoms in total. The van der Waals surface area contributed by atoms with E-state index in [-0.39, 0.29) is 29.6 Å². The highest BCUT2D eigenvalue weighted by molar-refractivity contribution is 6.29. The van der Waals surface area contributed by atoms with Crippen molar-refractivity contribution in [1.29, 1.82) is 0 Å². The number of aliphatic hydroxyl groups excluding tert-OH is 1. The first-order valence-electron chi connectivity index (χ1n) is 5.87. The Kier molecular flexibility index (Phi) is 3.73. The van der Waals surface area contributed by atoms with Crippen molar-refractivity contribution >= 4 is 23.2 Å². The van der Waals surface area contributed by atoms with Gasteiger partial charge in [-0.1, -0.05) is 18.5 Å². The highest BCUT2D eigenvalue weighted by Crippen LogP contribution is 2.27. The van der Waals surface area contributed by atoms with Crippen LogP contribution in [0.2, 0.25) is 5.15 Å². The third kappa shape index (κ3) is 2.28. The Labute approximate surface area is 111 Å². The fraction of sp³-hybridized carbons (Fsp3) is 0.500. The van der Waals surface area contributed by atoms with Crippen LogP contribution in [0, 0.1) is 5.92 Å². The number of nitrogens with zero attached hydrogens (tertiary/aromatic N) is 2. The lowest BCUT2D eigenvalue weighted by atomic mass is 10.0. The number of likely N-dealkylation sites (tertiary alicyclic amines) is 1. The van der Waals surface area contributed by atoms with E-state index in [0.29, 0.717) is 17.8 Å². The molecule has 6 heteroatoms. The molecule has 1 amide bonds. The number of amides is 1. The average Bonchev–Trinajstić information content (AvgIpc) is 2.72. The van der Waals surface area contributed by atoms with Gasteiger partial charge in [-0.2, -0.15) is 0 Å². The van der Waals surface area contributed by atoms with Crippen molar-refractivity contribution in [1.82, 2.24) is 9.88 Å². The summed E-state index contributed by atoms with van der Waals surface area (Å²) in [5.41, 5.74) is 6.40. The molecule has 1 aromatic rings. The zero-order valence-corrected chi connectivity index (χ0v) is 10.9. The molecule has 1 aliphatic heterocycles. The van der Waals surface area contributed by atoms with Crippen molar-refractivity contribution in [3.8, 4) is 0 Å². The van der Waals surface area contributed by atoms with Gasteiger partial charge in [-0.05, 0) is 18.4 Å². The molecule has 0 radical (unpaired) electrons. The van der Waals surface area contributed by atoms with Gasteiger partial charge < -0.3 is 15.7 Å². The summed E-state index contributed by atoms with van der Waals surface area (Å²) in [6, 6.07) is 1.32. The summed E-state index contributed by atoms with van der Waals surface area (Å²) in [6.07, 6.45) is 2.26. The van der Waals surface area contributed by atoms with E-state index >= 15 is 0 Å². The van der Waals surface area contributed by atoms with E-state index in [9.17, 15) is 9.90 Å². The van der Waals surface area contributed by atoms with Gasteiger partial charge in [0.15, 0.2) is 0 Å². The zero-order chi connectivity index (χ0) is 13.3. The summed E-state index contributed by atoms with van der Waals surface area (Å²) in [6.45, 7) is 2.62. The molecule has 1 fully saturated rings. The maximum absolute atomic E-state index is 12.4. The molecule has 3 N–H and O–H groups in total. The first kappa shape index (κ1) is 13.1. The fourth-order valence-corrected chi connectivity index (χ4v) is 2.48. The Balaban J connectivity index is 2.28. The van der Waals surface area contributed by atoms with E-state index in [0.717, 1.165) is 6.42 Å². The topological polar surface area (TPSA) is 79.5 Å². The number of carbonyl (C=O) groups is 1. The van der Waals surface area contributed by atoms with Crippen molar-refractivity contribution in [2.75, 3.05) is 18.9 Å². The highest BCUT2D eigenvalue weighted by atomic mass is 35.5. The van der Waals surface area contributed by atoms with E-state index in [4.69, 9.17) is 17.3 Å². The van der Waals surface area contributed by atoms with Crippen LogP contribution >= 0.6 is 11.6 Å². The van der Waals surface area contributed by atoms with Crippen LogP contribution < -0.4 is 5.73 Å². The molecule has 18 heavy (non-hydrogen) atoms. The molecule has 98 valence electrons. The van der Waals surface area contributed by atoms with E-state index < -0.39 is 0 Å². The summed E-state index contributed by atoms with van der Waals surface area (Å²) in [7, 11) is 0. The standard InChI is InChI=1S/C12H16ClN3O2/c1-7-2-3-16(10(7)6-17)12(18)8-4-11(13)15-5-9(8)14/h4-5,7,10,17H,2-3,6,14H2,1H3. The molecule has 0 saturated carbocycles. The Hall–Kier alpha value is -1.33. The summed E-state index contributed by atoms with van der Waals surface area (Å²) in [5.74, 6) is 0.0951. The van der Waals surface area contributed by atoms with Gasteiger partial charge in [0.05, 0.1) is 30.1 Å².